The number of amides is 2. The Bertz CT molecular complexity index is 1050. The molecule has 0 unspecified atom stereocenters. The maximum atomic E-state index is 13.0. The lowest BCUT2D eigenvalue weighted by Gasteiger charge is -2.40. The van der Waals surface area contributed by atoms with Crippen LogP contribution in [0.15, 0.2) is 59.6 Å². The number of benzene rings is 2. The fourth-order valence-corrected chi connectivity index (χ4v) is 4.63. The molecule has 0 saturated carbocycles. The van der Waals surface area contributed by atoms with Gasteiger partial charge in [-0.15, -0.1) is 0 Å². The molecule has 1 saturated heterocycles. The van der Waals surface area contributed by atoms with Gasteiger partial charge in [0.25, 0.3) is 0 Å². The van der Waals surface area contributed by atoms with Gasteiger partial charge in [-0.3, -0.25) is 14.5 Å². The highest BCUT2D eigenvalue weighted by molar-refractivity contribution is 6.00. The van der Waals surface area contributed by atoms with Gasteiger partial charge in [0.1, 0.15) is 0 Å². The van der Waals surface area contributed by atoms with Crippen LogP contribution in [-0.2, 0) is 9.59 Å². The van der Waals surface area contributed by atoms with Crippen LogP contribution in [0.4, 0.5) is 5.69 Å². The summed E-state index contributed by atoms with van der Waals surface area (Å²) in [7, 11) is 0. The van der Waals surface area contributed by atoms with Gasteiger partial charge in [-0.2, -0.15) is 0 Å². The SMILES string of the molecule is CC(C)[C@]1(C)CC(=O)N([C@H](C)c2cccc(N3C[C@@H](c4ccccc4)CC3=O)c2)C(N)=N1. The first-order chi connectivity index (χ1) is 15.2. The van der Waals surface area contributed by atoms with E-state index in [-0.39, 0.29) is 35.7 Å². The Labute approximate surface area is 190 Å². The quantitative estimate of drug-likeness (QED) is 0.768. The van der Waals surface area contributed by atoms with Crippen LogP contribution in [0.2, 0.25) is 0 Å². The van der Waals surface area contributed by atoms with Crippen LogP contribution >= 0.6 is 0 Å². The highest BCUT2D eigenvalue weighted by atomic mass is 16.2. The van der Waals surface area contributed by atoms with E-state index in [1.807, 2.05) is 61.2 Å². The van der Waals surface area contributed by atoms with Crippen LogP contribution in [0.5, 0.6) is 0 Å². The van der Waals surface area contributed by atoms with Gasteiger partial charge in [0.05, 0.1) is 18.0 Å². The topological polar surface area (TPSA) is 79.0 Å². The summed E-state index contributed by atoms with van der Waals surface area (Å²) in [5.41, 5.74) is 8.76. The monoisotopic (exact) mass is 432 g/mol. The molecule has 2 N–H and O–H groups in total. The van der Waals surface area contributed by atoms with Crippen molar-refractivity contribution < 1.29 is 9.59 Å². The van der Waals surface area contributed by atoms with Gasteiger partial charge < -0.3 is 10.6 Å². The molecular formula is C26H32N4O2. The van der Waals surface area contributed by atoms with Crippen LogP contribution in [-0.4, -0.2) is 34.8 Å². The molecule has 1 fully saturated rings. The average Bonchev–Trinajstić information content (AvgIpc) is 3.15. The molecule has 168 valence electrons. The number of hydrogen-bond acceptors (Lipinski definition) is 4. The second kappa shape index (κ2) is 8.41. The molecule has 0 aromatic heterocycles. The molecule has 4 rings (SSSR count). The van der Waals surface area contributed by atoms with Crippen LogP contribution in [0.3, 0.4) is 0 Å². The van der Waals surface area contributed by atoms with Crippen LogP contribution in [0, 0.1) is 5.92 Å². The number of guanidine groups is 1. The highest BCUT2D eigenvalue weighted by Crippen LogP contribution is 2.36. The minimum absolute atomic E-state index is 0.0204. The summed E-state index contributed by atoms with van der Waals surface area (Å²) >= 11 is 0. The molecular weight excluding hydrogens is 400 g/mol. The van der Waals surface area contributed by atoms with Crippen LogP contribution in [0.25, 0.3) is 0 Å². The Morgan fingerprint density at radius 1 is 1.03 bits per heavy atom. The van der Waals surface area contributed by atoms with Crippen molar-refractivity contribution in [3.63, 3.8) is 0 Å². The van der Waals surface area contributed by atoms with E-state index in [2.05, 4.69) is 31.0 Å². The predicted octanol–water partition coefficient (Wildman–Crippen LogP) is 4.23. The third-order valence-electron chi connectivity index (χ3n) is 7.09. The maximum absolute atomic E-state index is 13.0. The molecule has 2 aliphatic rings. The van der Waals surface area contributed by atoms with Crippen LogP contribution < -0.4 is 10.6 Å². The first kappa shape index (κ1) is 22.1. The number of nitrogens with two attached hydrogens (primary N) is 1. The number of aliphatic imine (C=N–C) groups is 1. The third kappa shape index (κ3) is 4.01. The van der Waals surface area contributed by atoms with Crippen molar-refractivity contribution >= 4 is 23.5 Å². The van der Waals surface area contributed by atoms with Crippen molar-refractivity contribution in [1.29, 1.82) is 0 Å². The summed E-state index contributed by atoms with van der Waals surface area (Å²) in [5.74, 6) is 0.755. The zero-order valence-corrected chi connectivity index (χ0v) is 19.3. The number of hydrogen-bond donors (Lipinski definition) is 1. The molecule has 0 radical (unpaired) electrons. The summed E-state index contributed by atoms with van der Waals surface area (Å²) in [6, 6.07) is 17.7. The van der Waals surface area contributed by atoms with Crippen molar-refractivity contribution in [2.75, 3.05) is 11.4 Å². The van der Waals surface area contributed by atoms with Gasteiger partial charge in [-0.25, -0.2) is 4.99 Å². The summed E-state index contributed by atoms with van der Waals surface area (Å²) in [6.07, 6.45) is 0.834. The lowest BCUT2D eigenvalue weighted by molar-refractivity contribution is -0.131. The van der Waals surface area contributed by atoms with Crippen molar-refractivity contribution in [3.05, 3.63) is 65.7 Å². The molecule has 6 nitrogen and oxygen atoms in total. The van der Waals surface area contributed by atoms with Crippen molar-refractivity contribution in [1.82, 2.24) is 4.90 Å². The largest absolute Gasteiger partial charge is 0.369 e. The smallest absolute Gasteiger partial charge is 0.232 e. The zero-order valence-electron chi connectivity index (χ0n) is 19.3. The second-order valence-corrected chi connectivity index (χ2v) is 9.51. The highest BCUT2D eigenvalue weighted by Gasteiger charge is 2.40. The fraction of sp³-hybridized carbons (Fsp3) is 0.423. The van der Waals surface area contributed by atoms with E-state index in [0.717, 1.165) is 11.3 Å². The van der Waals surface area contributed by atoms with E-state index in [1.165, 1.54) is 5.56 Å². The molecule has 2 heterocycles. The fourth-order valence-electron chi connectivity index (χ4n) is 4.63. The van der Waals surface area contributed by atoms with Gasteiger partial charge in [-0.05, 0) is 43.0 Å². The van der Waals surface area contributed by atoms with Crippen LogP contribution in [0.1, 0.15) is 63.6 Å². The normalized spacial score (nSPS) is 24.8. The molecule has 0 bridgehead atoms. The summed E-state index contributed by atoms with van der Waals surface area (Å²) < 4.78 is 0. The molecule has 2 aromatic rings. The van der Waals surface area contributed by atoms with E-state index in [4.69, 9.17) is 5.73 Å². The lowest BCUT2D eigenvalue weighted by Crippen LogP contribution is -2.52. The van der Waals surface area contributed by atoms with Crippen molar-refractivity contribution in [2.45, 2.75) is 58.0 Å². The minimum Gasteiger partial charge on any atom is -0.369 e. The van der Waals surface area contributed by atoms with E-state index in [9.17, 15) is 9.59 Å². The Hall–Kier alpha value is -3.15. The molecule has 32 heavy (non-hydrogen) atoms. The number of anilines is 1. The summed E-state index contributed by atoms with van der Waals surface area (Å²) in [4.78, 5) is 34.0. The van der Waals surface area contributed by atoms with Crippen molar-refractivity contribution in [2.24, 2.45) is 16.6 Å². The predicted molar refractivity (Wildman–Crippen MR) is 127 cm³/mol. The van der Waals surface area contributed by atoms with Crippen molar-refractivity contribution in [3.8, 4) is 0 Å². The summed E-state index contributed by atoms with van der Waals surface area (Å²) in [5, 5.41) is 0. The molecule has 2 aromatic carbocycles. The molecule has 0 aliphatic carbocycles. The Morgan fingerprint density at radius 2 is 1.75 bits per heavy atom. The van der Waals surface area contributed by atoms with Gasteiger partial charge in [-0.1, -0.05) is 56.3 Å². The molecule has 3 atom stereocenters. The number of carbonyl (C=O) groups is 2. The summed E-state index contributed by atoms with van der Waals surface area (Å²) in [6.45, 7) is 8.70. The average molecular weight is 433 g/mol. The van der Waals surface area contributed by atoms with Gasteiger partial charge in [0, 0.05) is 24.6 Å². The number of rotatable bonds is 5. The Balaban J connectivity index is 1.57. The maximum Gasteiger partial charge on any atom is 0.232 e. The van der Waals surface area contributed by atoms with Gasteiger partial charge >= 0.3 is 0 Å². The molecule has 2 aliphatic heterocycles. The lowest BCUT2D eigenvalue weighted by atomic mass is 9.84. The van der Waals surface area contributed by atoms with Gasteiger partial charge in [0.2, 0.25) is 11.8 Å². The first-order valence-electron chi connectivity index (χ1n) is 11.3. The van der Waals surface area contributed by atoms with E-state index in [0.29, 0.717) is 19.4 Å². The molecule has 2 amide bonds. The molecule has 6 heteroatoms. The van der Waals surface area contributed by atoms with E-state index < -0.39 is 5.54 Å². The Kier molecular flexibility index (Phi) is 5.80. The number of carbonyl (C=O) groups excluding carboxylic acids is 2. The Morgan fingerprint density at radius 3 is 2.41 bits per heavy atom. The van der Waals surface area contributed by atoms with E-state index in [1.54, 1.807) is 4.90 Å². The first-order valence-corrected chi connectivity index (χ1v) is 11.3. The number of nitrogens with zero attached hydrogens (tertiary/aromatic N) is 3. The van der Waals surface area contributed by atoms with E-state index >= 15 is 0 Å². The zero-order chi connectivity index (χ0) is 23.0. The second-order valence-electron chi connectivity index (χ2n) is 9.51. The minimum atomic E-state index is -0.479. The third-order valence-corrected chi connectivity index (χ3v) is 7.09. The van der Waals surface area contributed by atoms with Gasteiger partial charge in [0.15, 0.2) is 5.96 Å². The molecule has 0 spiro atoms. The standard InChI is InChI=1S/C26H32N4O2/c1-17(2)26(4)15-24(32)30(25(27)28-26)18(3)20-11-8-12-22(13-20)29-16-21(14-23(29)31)19-9-6-5-7-10-19/h5-13,17-18,21H,14-16H2,1-4H3,(H2,27,28)/t18-,21+,26+/m1/s1.